The first kappa shape index (κ1) is 12.5. The van der Waals surface area contributed by atoms with Crippen LogP contribution in [0.25, 0.3) is 0 Å². The van der Waals surface area contributed by atoms with Crippen LogP contribution >= 0.6 is 22.6 Å². The number of halogens is 1. The van der Waals surface area contributed by atoms with Crippen LogP contribution in [-0.2, 0) is 11.2 Å². The molecule has 2 nitrogen and oxygen atoms in total. The van der Waals surface area contributed by atoms with Gasteiger partial charge in [0.05, 0.1) is 0 Å². The number of carboxylic acid groups (broad SMARTS) is 1. The van der Waals surface area contributed by atoms with Crippen molar-refractivity contribution < 1.29 is 9.90 Å². The molecule has 1 atom stereocenters. The highest BCUT2D eigenvalue weighted by molar-refractivity contribution is 14.1. The number of carboxylic acids is 1. The van der Waals surface area contributed by atoms with Crippen LogP contribution < -0.4 is 0 Å². The number of carbonyl (C=O) groups is 1. The maximum absolute atomic E-state index is 10.5. The summed E-state index contributed by atoms with van der Waals surface area (Å²) < 4.78 is 1.23. The van der Waals surface area contributed by atoms with E-state index in [0.29, 0.717) is 0 Å². The molecule has 0 aliphatic heterocycles. The first-order valence-electron chi connectivity index (χ1n) is 5.04. The van der Waals surface area contributed by atoms with E-state index in [9.17, 15) is 4.79 Å². The Labute approximate surface area is 104 Å². The van der Waals surface area contributed by atoms with E-state index in [0.717, 1.165) is 12.8 Å². The van der Waals surface area contributed by atoms with Crippen LogP contribution in [0.4, 0.5) is 0 Å². The van der Waals surface area contributed by atoms with E-state index in [-0.39, 0.29) is 12.3 Å². The Morgan fingerprint density at radius 2 is 2.00 bits per heavy atom. The zero-order valence-corrected chi connectivity index (χ0v) is 10.9. The summed E-state index contributed by atoms with van der Waals surface area (Å²) in [5, 5.41) is 8.62. The maximum atomic E-state index is 10.5. The van der Waals surface area contributed by atoms with Gasteiger partial charge in [-0.1, -0.05) is 19.1 Å². The highest BCUT2D eigenvalue weighted by Gasteiger charge is 2.07. The first-order valence-corrected chi connectivity index (χ1v) is 6.12. The van der Waals surface area contributed by atoms with Crippen LogP contribution in [0, 0.1) is 9.49 Å². The molecule has 0 unspecified atom stereocenters. The fourth-order valence-corrected chi connectivity index (χ4v) is 1.82. The molecule has 1 aromatic carbocycles. The molecule has 0 bridgehead atoms. The topological polar surface area (TPSA) is 37.3 Å². The molecule has 3 heteroatoms. The highest BCUT2D eigenvalue weighted by Crippen LogP contribution is 2.14. The van der Waals surface area contributed by atoms with Crippen molar-refractivity contribution in [1.29, 1.82) is 0 Å². The van der Waals surface area contributed by atoms with Gasteiger partial charge in [0.1, 0.15) is 0 Å². The van der Waals surface area contributed by atoms with Crippen molar-refractivity contribution in [2.24, 2.45) is 5.92 Å². The van der Waals surface area contributed by atoms with Crippen molar-refractivity contribution in [3.05, 3.63) is 33.4 Å². The molecular formula is C12H15IO2. The first-order chi connectivity index (χ1) is 7.08. The Morgan fingerprint density at radius 3 is 2.53 bits per heavy atom. The number of aryl methyl sites for hydroxylation is 1. The predicted molar refractivity (Wildman–Crippen MR) is 68.9 cm³/mol. The van der Waals surface area contributed by atoms with Gasteiger partial charge in [0.15, 0.2) is 0 Å². The second kappa shape index (κ2) is 6.10. The molecule has 0 aliphatic rings. The Balaban J connectivity index is 2.36. The molecule has 0 radical (unpaired) electrons. The third-order valence-corrected chi connectivity index (χ3v) is 3.08. The summed E-state index contributed by atoms with van der Waals surface area (Å²) in [6.45, 7) is 1.99. The molecule has 1 N–H and O–H groups in total. The molecule has 0 saturated carbocycles. The lowest BCUT2D eigenvalue weighted by molar-refractivity contribution is -0.138. The summed E-state index contributed by atoms with van der Waals surface area (Å²) in [7, 11) is 0. The third-order valence-electron chi connectivity index (χ3n) is 2.36. The number of hydrogen-bond acceptors (Lipinski definition) is 1. The third kappa shape index (κ3) is 5.16. The Hall–Kier alpha value is -0.580. The summed E-state index contributed by atoms with van der Waals surface area (Å²) in [6, 6.07) is 8.38. The Bertz CT molecular complexity index is 319. The van der Waals surface area contributed by atoms with E-state index in [4.69, 9.17) is 5.11 Å². The summed E-state index contributed by atoms with van der Waals surface area (Å²) in [5.41, 5.74) is 1.28. The van der Waals surface area contributed by atoms with Gasteiger partial charge in [0, 0.05) is 9.99 Å². The van der Waals surface area contributed by atoms with Crippen molar-refractivity contribution in [3.63, 3.8) is 0 Å². The lowest BCUT2D eigenvalue weighted by Gasteiger charge is -2.08. The minimum absolute atomic E-state index is 0.252. The van der Waals surface area contributed by atoms with Gasteiger partial charge in [-0.15, -0.1) is 0 Å². The zero-order chi connectivity index (χ0) is 11.3. The minimum Gasteiger partial charge on any atom is -0.481 e. The van der Waals surface area contributed by atoms with Crippen molar-refractivity contribution in [3.8, 4) is 0 Å². The van der Waals surface area contributed by atoms with Gasteiger partial charge in [0.2, 0.25) is 0 Å². The Morgan fingerprint density at radius 1 is 1.40 bits per heavy atom. The number of hydrogen-bond donors (Lipinski definition) is 1. The van der Waals surface area contributed by atoms with Crippen LogP contribution in [0.15, 0.2) is 24.3 Å². The average molecular weight is 318 g/mol. The molecule has 0 saturated heterocycles. The van der Waals surface area contributed by atoms with Gasteiger partial charge < -0.3 is 5.11 Å². The second-order valence-electron chi connectivity index (χ2n) is 3.87. The molecule has 0 aromatic heterocycles. The van der Waals surface area contributed by atoms with Crippen LogP contribution in [0.5, 0.6) is 0 Å². The van der Waals surface area contributed by atoms with Crippen molar-refractivity contribution in [1.82, 2.24) is 0 Å². The van der Waals surface area contributed by atoms with Gasteiger partial charge in [-0.05, 0) is 59.0 Å². The van der Waals surface area contributed by atoms with Gasteiger partial charge in [-0.2, -0.15) is 0 Å². The van der Waals surface area contributed by atoms with Crippen molar-refractivity contribution in [2.75, 3.05) is 0 Å². The van der Waals surface area contributed by atoms with Crippen LogP contribution in [0.2, 0.25) is 0 Å². The van der Waals surface area contributed by atoms with Crippen LogP contribution in [0.3, 0.4) is 0 Å². The summed E-state index contributed by atoms with van der Waals surface area (Å²) >= 11 is 2.28. The molecule has 1 rings (SSSR count). The molecule has 0 fully saturated rings. The smallest absolute Gasteiger partial charge is 0.303 e. The standard InChI is InChI=1S/C12H15IO2/c1-9(8-12(14)15)2-3-10-4-6-11(13)7-5-10/h4-7,9H,2-3,8H2,1H3,(H,14,15)/t9-/m0/s1. The van der Waals surface area contributed by atoms with E-state index >= 15 is 0 Å². The van der Waals surface area contributed by atoms with E-state index in [1.54, 1.807) is 0 Å². The van der Waals surface area contributed by atoms with Gasteiger partial charge in [0.25, 0.3) is 0 Å². The fourth-order valence-electron chi connectivity index (χ4n) is 1.46. The predicted octanol–water partition coefficient (Wildman–Crippen LogP) is 3.33. The zero-order valence-electron chi connectivity index (χ0n) is 8.74. The van der Waals surface area contributed by atoms with Crippen molar-refractivity contribution in [2.45, 2.75) is 26.2 Å². The quantitative estimate of drug-likeness (QED) is 0.846. The maximum Gasteiger partial charge on any atom is 0.303 e. The highest BCUT2D eigenvalue weighted by atomic mass is 127. The normalized spacial score (nSPS) is 12.4. The van der Waals surface area contributed by atoms with Crippen LogP contribution in [-0.4, -0.2) is 11.1 Å². The molecule has 0 spiro atoms. The van der Waals surface area contributed by atoms with E-state index in [1.165, 1.54) is 9.13 Å². The molecule has 1 aromatic rings. The second-order valence-corrected chi connectivity index (χ2v) is 5.11. The summed E-state index contributed by atoms with van der Waals surface area (Å²) in [4.78, 5) is 10.5. The lowest BCUT2D eigenvalue weighted by Crippen LogP contribution is -2.05. The molecule has 15 heavy (non-hydrogen) atoms. The van der Waals surface area contributed by atoms with Crippen molar-refractivity contribution >= 4 is 28.6 Å². The van der Waals surface area contributed by atoms with Gasteiger partial charge in [-0.25, -0.2) is 0 Å². The molecule has 0 aliphatic carbocycles. The number of rotatable bonds is 5. The molecule has 0 amide bonds. The lowest BCUT2D eigenvalue weighted by atomic mass is 9.98. The summed E-state index contributed by atoms with van der Waals surface area (Å²) in [5.74, 6) is -0.452. The fraction of sp³-hybridized carbons (Fsp3) is 0.417. The van der Waals surface area contributed by atoms with Crippen LogP contribution in [0.1, 0.15) is 25.3 Å². The number of aliphatic carboxylic acids is 1. The van der Waals surface area contributed by atoms with E-state index in [2.05, 4.69) is 46.9 Å². The van der Waals surface area contributed by atoms with Gasteiger partial charge >= 0.3 is 5.97 Å². The monoisotopic (exact) mass is 318 g/mol. The van der Waals surface area contributed by atoms with E-state index < -0.39 is 5.97 Å². The SMILES string of the molecule is C[C@@H](CCc1ccc(I)cc1)CC(=O)O. The van der Waals surface area contributed by atoms with E-state index in [1.807, 2.05) is 6.92 Å². The minimum atomic E-state index is -0.704. The molecule has 82 valence electrons. The molecular weight excluding hydrogens is 303 g/mol. The summed E-state index contributed by atoms with van der Waals surface area (Å²) in [6.07, 6.45) is 2.17. The largest absolute Gasteiger partial charge is 0.481 e. The van der Waals surface area contributed by atoms with Gasteiger partial charge in [-0.3, -0.25) is 4.79 Å². The number of benzene rings is 1. The average Bonchev–Trinajstić information content (AvgIpc) is 2.16. The Kier molecular flexibility index (Phi) is 5.08. The molecule has 0 heterocycles.